The van der Waals surface area contributed by atoms with Gasteiger partial charge in [-0.3, -0.25) is 9.59 Å². The molecule has 0 bridgehead atoms. The quantitative estimate of drug-likeness (QED) is 0.0490. The van der Waals surface area contributed by atoms with Gasteiger partial charge in [-0.05, 0) is 61.8 Å². The van der Waals surface area contributed by atoms with Crippen molar-refractivity contribution >= 4 is 66.2 Å². The van der Waals surface area contributed by atoms with Gasteiger partial charge in [0.05, 0.1) is 22.5 Å². The van der Waals surface area contributed by atoms with Gasteiger partial charge in [-0.25, -0.2) is 0 Å². The second-order valence-electron chi connectivity index (χ2n) is 22.1. The molecule has 0 fully saturated rings. The Morgan fingerprint density at radius 1 is 0.343 bits per heavy atom. The molecular formula is C64H104Br2N2O2. The van der Waals surface area contributed by atoms with Crippen LogP contribution in [0.4, 0.5) is 11.4 Å². The molecule has 0 aliphatic carbocycles. The summed E-state index contributed by atoms with van der Waals surface area (Å²) in [5.74, 6) is 1.41. The Morgan fingerprint density at radius 3 is 0.857 bits per heavy atom. The fourth-order valence-corrected chi connectivity index (χ4v) is 12.4. The Hall–Kier alpha value is -1.92. The molecule has 4 rings (SSSR count). The number of anilines is 2. The standard InChI is InChI=1S/C64H104Br2N2O2/c1-5-9-13-17-21-25-29-33-39-53(40-34-30-26-22-18-14-10-6-2)43-37-49-67-59-51-55(65)45-47-57(59)61(63(67)69)62-58-48-46-56(66)52-60(58)68(64(62)70)50-38-44-54(41-35-31-27-23-19-15-11-7-3)42-36-32-28-24-20-16-12-8-4/h45-48,51-54H,5-44,49-50H2,1-4H3/b62-61-. The summed E-state index contributed by atoms with van der Waals surface area (Å²) in [7, 11) is 0. The summed E-state index contributed by atoms with van der Waals surface area (Å²) < 4.78 is 1.93. The molecule has 2 aliphatic rings. The maximum atomic E-state index is 14.9. The molecule has 70 heavy (non-hydrogen) atoms. The lowest BCUT2D eigenvalue weighted by Crippen LogP contribution is -2.30. The molecule has 2 heterocycles. The van der Waals surface area contributed by atoms with Crippen LogP contribution in [0.25, 0.3) is 11.1 Å². The molecule has 0 N–H and O–H groups in total. The Balaban J connectivity index is 1.43. The molecular weight excluding hydrogens is 989 g/mol. The van der Waals surface area contributed by atoms with Gasteiger partial charge in [0.1, 0.15) is 0 Å². The third-order valence-corrected chi connectivity index (χ3v) is 17.0. The molecule has 2 aromatic rings. The number of fused-ring (bicyclic) bond motifs is 2. The van der Waals surface area contributed by atoms with Gasteiger partial charge in [-0.2, -0.15) is 0 Å². The number of hydrogen-bond donors (Lipinski definition) is 0. The van der Waals surface area contributed by atoms with E-state index in [0.29, 0.717) is 36.1 Å². The van der Waals surface area contributed by atoms with E-state index in [1.807, 2.05) is 21.9 Å². The summed E-state index contributed by atoms with van der Waals surface area (Å²) >= 11 is 7.51. The highest BCUT2D eigenvalue weighted by molar-refractivity contribution is 9.10. The van der Waals surface area contributed by atoms with Crippen LogP contribution in [0.2, 0.25) is 0 Å². The van der Waals surface area contributed by atoms with E-state index < -0.39 is 0 Å². The van der Waals surface area contributed by atoms with E-state index in [0.717, 1.165) is 57.1 Å². The summed E-state index contributed by atoms with van der Waals surface area (Å²) in [5, 5.41) is 0. The first-order valence-corrected chi connectivity index (χ1v) is 31.9. The second kappa shape index (κ2) is 37.8. The molecule has 0 aromatic heterocycles. The Bertz CT molecular complexity index is 1590. The van der Waals surface area contributed by atoms with Gasteiger partial charge in [0.25, 0.3) is 11.8 Å². The average Bonchev–Trinajstić information content (AvgIpc) is 3.77. The van der Waals surface area contributed by atoms with E-state index in [1.54, 1.807) is 0 Å². The van der Waals surface area contributed by atoms with Gasteiger partial charge in [-0.15, -0.1) is 0 Å². The molecule has 2 aromatic carbocycles. The van der Waals surface area contributed by atoms with Gasteiger partial charge in [-0.1, -0.05) is 303 Å². The number of carbonyl (C=O) groups is 2. The van der Waals surface area contributed by atoms with Gasteiger partial charge in [0.2, 0.25) is 0 Å². The van der Waals surface area contributed by atoms with Crippen molar-refractivity contribution in [2.45, 2.75) is 285 Å². The van der Waals surface area contributed by atoms with Gasteiger partial charge >= 0.3 is 0 Å². The van der Waals surface area contributed by atoms with Crippen molar-refractivity contribution in [2.24, 2.45) is 11.8 Å². The lowest BCUT2D eigenvalue weighted by Gasteiger charge is -2.21. The smallest absolute Gasteiger partial charge is 0.259 e. The Labute approximate surface area is 448 Å². The number of amides is 2. The highest BCUT2D eigenvalue weighted by Crippen LogP contribution is 2.48. The van der Waals surface area contributed by atoms with Crippen LogP contribution in [-0.2, 0) is 9.59 Å². The fraction of sp³-hybridized carbons (Fsp3) is 0.750. The first-order valence-electron chi connectivity index (χ1n) is 30.3. The van der Waals surface area contributed by atoms with Crippen LogP contribution >= 0.6 is 31.9 Å². The number of benzene rings is 2. The molecule has 2 amide bonds. The average molecular weight is 1090 g/mol. The normalized spacial score (nSPS) is 14.6. The highest BCUT2D eigenvalue weighted by atomic mass is 79.9. The van der Waals surface area contributed by atoms with Crippen molar-refractivity contribution in [1.82, 2.24) is 0 Å². The number of hydrogen-bond acceptors (Lipinski definition) is 2. The van der Waals surface area contributed by atoms with Crippen LogP contribution in [0.5, 0.6) is 0 Å². The number of unbranched alkanes of at least 4 members (excludes halogenated alkanes) is 28. The summed E-state index contributed by atoms with van der Waals surface area (Å²) in [6, 6.07) is 12.4. The zero-order chi connectivity index (χ0) is 50.0. The van der Waals surface area contributed by atoms with Crippen LogP contribution in [-0.4, -0.2) is 24.9 Å². The molecule has 6 heteroatoms. The van der Waals surface area contributed by atoms with Crippen LogP contribution < -0.4 is 9.80 Å². The maximum absolute atomic E-state index is 14.9. The van der Waals surface area contributed by atoms with Crippen LogP contribution in [0.3, 0.4) is 0 Å². The van der Waals surface area contributed by atoms with E-state index >= 15 is 0 Å². The number of nitrogens with zero attached hydrogens (tertiary/aromatic N) is 2. The molecule has 0 unspecified atom stereocenters. The lowest BCUT2D eigenvalue weighted by molar-refractivity contribution is -0.114. The van der Waals surface area contributed by atoms with E-state index in [9.17, 15) is 9.59 Å². The molecule has 2 aliphatic heterocycles. The predicted octanol–water partition coefficient (Wildman–Crippen LogP) is 21.7. The highest BCUT2D eigenvalue weighted by Gasteiger charge is 2.42. The minimum Gasteiger partial charge on any atom is -0.308 e. The molecule has 0 saturated heterocycles. The molecule has 0 atom stereocenters. The Kier molecular flexibility index (Phi) is 32.7. The second-order valence-corrected chi connectivity index (χ2v) is 23.9. The van der Waals surface area contributed by atoms with E-state index in [-0.39, 0.29) is 11.8 Å². The molecule has 0 radical (unpaired) electrons. The minimum atomic E-state index is -0.00865. The lowest BCUT2D eigenvalue weighted by atomic mass is 9.90. The van der Waals surface area contributed by atoms with Gasteiger partial charge < -0.3 is 9.80 Å². The fourth-order valence-electron chi connectivity index (χ4n) is 11.7. The van der Waals surface area contributed by atoms with Gasteiger partial charge in [0.15, 0.2) is 0 Å². The largest absolute Gasteiger partial charge is 0.308 e. The first-order chi connectivity index (χ1) is 34.3. The zero-order valence-electron chi connectivity index (χ0n) is 45.8. The van der Waals surface area contributed by atoms with Crippen LogP contribution in [0.1, 0.15) is 296 Å². The van der Waals surface area contributed by atoms with Crippen molar-refractivity contribution in [3.8, 4) is 0 Å². The van der Waals surface area contributed by atoms with Gasteiger partial charge in [0, 0.05) is 33.2 Å². The predicted molar refractivity (Wildman–Crippen MR) is 314 cm³/mol. The van der Waals surface area contributed by atoms with Crippen LogP contribution in [0, 0.1) is 11.8 Å². The minimum absolute atomic E-state index is 0.00865. The summed E-state index contributed by atoms with van der Waals surface area (Å²) in [5.41, 5.74) is 4.87. The maximum Gasteiger partial charge on any atom is 0.259 e. The third kappa shape index (κ3) is 22.3. The SMILES string of the molecule is CCCCCCCCCCC(CCCCCCCCCC)CCCN1C(=O)/C(=C2\C(=O)N(CCCC(CCCCCCCCCC)CCCCCCCCCC)c3cc(Br)ccc32)c2ccc(Br)cc21. The van der Waals surface area contributed by atoms with Crippen molar-refractivity contribution in [1.29, 1.82) is 0 Å². The van der Waals surface area contributed by atoms with Crippen LogP contribution in [0.15, 0.2) is 45.3 Å². The molecule has 0 spiro atoms. The monoisotopic (exact) mass is 1090 g/mol. The number of rotatable bonds is 44. The van der Waals surface area contributed by atoms with Crippen molar-refractivity contribution in [3.05, 3.63) is 56.5 Å². The summed E-state index contributed by atoms with van der Waals surface area (Å²) in [4.78, 5) is 33.9. The topological polar surface area (TPSA) is 40.6 Å². The molecule has 396 valence electrons. The van der Waals surface area contributed by atoms with Crippen molar-refractivity contribution in [2.75, 3.05) is 22.9 Å². The molecule has 4 nitrogen and oxygen atoms in total. The van der Waals surface area contributed by atoms with E-state index in [1.165, 1.54) is 231 Å². The zero-order valence-corrected chi connectivity index (χ0v) is 49.0. The summed E-state index contributed by atoms with van der Waals surface area (Å²) in [6.45, 7) is 10.6. The number of halogens is 2. The summed E-state index contributed by atoms with van der Waals surface area (Å²) in [6.07, 6.45) is 53.2. The van der Waals surface area contributed by atoms with Crippen molar-refractivity contribution < 1.29 is 9.59 Å². The van der Waals surface area contributed by atoms with E-state index in [4.69, 9.17) is 0 Å². The third-order valence-electron chi connectivity index (χ3n) is 16.1. The number of carbonyl (C=O) groups excluding carboxylic acids is 2. The first kappa shape index (κ1) is 60.6. The van der Waals surface area contributed by atoms with E-state index in [2.05, 4.69) is 83.8 Å². The Morgan fingerprint density at radius 2 is 0.586 bits per heavy atom. The molecule has 0 saturated carbocycles. The van der Waals surface area contributed by atoms with Crippen molar-refractivity contribution in [3.63, 3.8) is 0 Å².